The monoisotopic (exact) mass is 285 g/mol. The van der Waals surface area contributed by atoms with E-state index in [9.17, 15) is 0 Å². The molecule has 0 spiro atoms. The van der Waals surface area contributed by atoms with E-state index in [-0.39, 0.29) is 0 Å². The summed E-state index contributed by atoms with van der Waals surface area (Å²) < 4.78 is 0. The molecule has 3 nitrogen and oxygen atoms in total. The first-order chi connectivity index (χ1) is 10.7. The molecule has 0 radical (unpaired) electrons. The number of rotatable bonds is 1. The van der Waals surface area contributed by atoms with Gasteiger partial charge < -0.3 is 11.5 Å². The third kappa shape index (κ3) is 1.87. The minimum atomic E-state index is 0.564. The predicted octanol–water partition coefficient (Wildman–Crippen LogP) is 4.22. The molecule has 1 heterocycles. The first-order valence-electron chi connectivity index (χ1n) is 7.17. The van der Waals surface area contributed by atoms with E-state index >= 15 is 0 Å². The van der Waals surface area contributed by atoms with Gasteiger partial charge in [0, 0.05) is 16.3 Å². The van der Waals surface area contributed by atoms with Gasteiger partial charge in [-0.15, -0.1) is 0 Å². The van der Waals surface area contributed by atoms with Crippen molar-refractivity contribution in [3.05, 3.63) is 66.7 Å². The van der Waals surface area contributed by atoms with Crippen molar-refractivity contribution in [3.63, 3.8) is 0 Å². The number of nitrogens with two attached hydrogens (primary N) is 2. The molecule has 0 atom stereocenters. The molecule has 0 bridgehead atoms. The maximum atomic E-state index is 6.27. The van der Waals surface area contributed by atoms with Gasteiger partial charge in [0.25, 0.3) is 0 Å². The molecule has 1 aromatic heterocycles. The molecular weight excluding hydrogens is 270 g/mol. The van der Waals surface area contributed by atoms with Gasteiger partial charge in [0.05, 0.1) is 22.4 Å². The molecule has 106 valence electrons. The normalized spacial score (nSPS) is 11.1. The zero-order chi connectivity index (χ0) is 15.1. The van der Waals surface area contributed by atoms with Gasteiger partial charge in [-0.05, 0) is 23.8 Å². The van der Waals surface area contributed by atoms with Crippen LogP contribution in [0.5, 0.6) is 0 Å². The fraction of sp³-hybridized carbons (Fsp3) is 0. The lowest BCUT2D eigenvalue weighted by molar-refractivity contribution is 1.49. The average Bonchev–Trinajstić information content (AvgIpc) is 2.55. The van der Waals surface area contributed by atoms with E-state index in [0.717, 1.165) is 32.9 Å². The van der Waals surface area contributed by atoms with Crippen molar-refractivity contribution >= 4 is 33.2 Å². The van der Waals surface area contributed by atoms with Crippen molar-refractivity contribution < 1.29 is 0 Å². The summed E-state index contributed by atoms with van der Waals surface area (Å²) in [6, 6.07) is 22.1. The van der Waals surface area contributed by atoms with E-state index in [1.807, 2.05) is 54.6 Å². The smallest absolute Gasteiger partial charge is 0.0738 e. The van der Waals surface area contributed by atoms with Gasteiger partial charge in [0.1, 0.15) is 0 Å². The van der Waals surface area contributed by atoms with Gasteiger partial charge in [-0.2, -0.15) is 0 Å². The Labute approximate surface area is 128 Å². The number of nitrogen functional groups attached to an aromatic ring is 2. The van der Waals surface area contributed by atoms with Gasteiger partial charge in [0.2, 0.25) is 0 Å². The fourth-order valence-electron chi connectivity index (χ4n) is 2.87. The molecule has 0 saturated carbocycles. The lowest BCUT2D eigenvalue weighted by Gasteiger charge is -2.13. The molecule has 0 amide bonds. The summed E-state index contributed by atoms with van der Waals surface area (Å²) in [7, 11) is 0. The standard InChI is InChI=1S/C19H15N3/c20-15-11-17-14(10-13-8-4-5-9-16(13)22-17)18(19(15)21)12-6-2-1-3-7-12/h1-11H,20-21H2. The van der Waals surface area contributed by atoms with Crippen LogP contribution in [0.2, 0.25) is 0 Å². The molecule has 22 heavy (non-hydrogen) atoms. The van der Waals surface area contributed by atoms with Crippen LogP contribution in [0.25, 0.3) is 32.9 Å². The van der Waals surface area contributed by atoms with Crippen LogP contribution in [0.1, 0.15) is 0 Å². The highest BCUT2D eigenvalue weighted by Crippen LogP contribution is 2.38. The summed E-state index contributed by atoms with van der Waals surface area (Å²) in [6.45, 7) is 0. The third-order valence-corrected chi connectivity index (χ3v) is 3.96. The van der Waals surface area contributed by atoms with Gasteiger partial charge in [0.15, 0.2) is 0 Å². The topological polar surface area (TPSA) is 64.9 Å². The number of benzene rings is 3. The summed E-state index contributed by atoms with van der Waals surface area (Å²) in [4.78, 5) is 4.73. The first kappa shape index (κ1) is 12.7. The number of fused-ring (bicyclic) bond motifs is 2. The van der Waals surface area contributed by atoms with Crippen molar-refractivity contribution in [2.75, 3.05) is 11.5 Å². The Morgan fingerprint density at radius 1 is 0.727 bits per heavy atom. The quantitative estimate of drug-likeness (QED) is 0.406. The van der Waals surface area contributed by atoms with Crippen LogP contribution < -0.4 is 11.5 Å². The highest BCUT2D eigenvalue weighted by Gasteiger charge is 2.13. The number of hydrogen-bond acceptors (Lipinski definition) is 3. The molecule has 4 aromatic rings. The van der Waals surface area contributed by atoms with Crippen molar-refractivity contribution in [2.24, 2.45) is 0 Å². The van der Waals surface area contributed by atoms with Crippen LogP contribution in [-0.2, 0) is 0 Å². The summed E-state index contributed by atoms with van der Waals surface area (Å²) in [5.41, 5.74) is 17.4. The summed E-state index contributed by atoms with van der Waals surface area (Å²) in [6.07, 6.45) is 0. The minimum absolute atomic E-state index is 0.564. The maximum Gasteiger partial charge on any atom is 0.0738 e. The van der Waals surface area contributed by atoms with E-state index < -0.39 is 0 Å². The van der Waals surface area contributed by atoms with Crippen molar-refractivity contribution in [3.8, 4) is 11.1 Å². The lowest BCUT2D eigenvalue weighted by Crippen LogP contribution is -1.99. The fourth-order valence-corrected chi connectivity index (χ4v) is 2.87. The molecular formula is C19H15N3. The zero-order valence-corrected chi connectivity index (χ0v) is 12.0. The summed E-state index contributed by atoms with van der Waals surface area (Å²) in [5.74, 6) is 0. The van der Waals surface area contributed by atoms with Crippen LogP contribution in [-0.4, -0.2) is 4.98 Å². The van der Waals surface area contributed by atoms with E-state index in [1.165, 1.54) is 0 Å². The van der Waals surface area contributed by atoms with Gasteiger partial charge in [-0.1, -0.05) is 48.5 Å². The van der Waals surface area contributed by atoms with E-state index in [4.69, 9.17) is 16.5 Å². The van der Waals surface area contributed by atoms with Crippen molar-refractivity contribution in [2.45, 2.75) is 0 Å². The average molecular weight is 285 g/mol. The van der Waals surface area contributed by atoms with Crippen LogP contribution in [0.15, 0.2) is 66.7 Å². The van der Waals surface area contributed by atoms with E-state index in [2.05, 4.69) is 12.1 Å². The Bertz CT molecular complexity index is 992. The Kier molecular flexibility index (Phi) is 2.73. The second-order valence-corrected chi connectivity index (χ2v) is 5.37. The van der Waals surface area contributed by atoms with Gasteiger partial charge in [-0.3, -0.25) is 0 Å². The number of aromatic nitrogens is 1. The molecule has 0 aliphatic rings. The zero-order valence-electron chi connectivity index (χ0n) is 12.0. The van der Waals surface area contributed by atoms with E-state index in [1.54, 1.807) is 0 Å². The Hall–Kier alpha value is -3.07. The van der Waals surface area contributed by atoms with Gasteiger partial charge in [-0.25, -0.2) is 4.98 Å². The molecule has 0 aliphatic heterocycles. The summed E-state index contributed by atoms with van der Waals surface area (Å²) >= 11 is 0. The van der Waals surface area contributed by atoms with E-state index in [0.29, 0.717) is 11.4 Å². The highest BCUT2D eigenvalue weighted by molar-refractivity contribution is 6.08. The lowest BCUT2D eigenvalue weighted by atomic mass is 9.96. The Morgan fingerprint density at radius 3 is 2.27 bits per heavy atom. The SMILES string of the molecule is Nc1cc2nc3ccccc3cc2c(-c2ccccc2)c1N. The number of pyridine rings is 1. The Morgan fingerprint density at radius 2 is 1.45 bits per heavy atom. The Balaban J connectivity index is 2.17. The van der Waals surface area contributed by atoms with Crippen molar-refractivity contribution in [1.29, 1.82) is 0 Å². The maximum absolute atomic E-state index is 6.27. The molecule has 0 unspecified atom stereocenters. The molecule has 0 saturated heterocycles. The van der Waals surface area contributed by atoms with Crippen LogP contribution >= 0.6 is 0 Å². The molecule has 0 fully saturated rings. The molecule has 0 aliphatic carbocycles. The highest BCUT2D eigenvalue weighted by atomic mass is 14.7. The second kappa shape index (κ2) is 4.74. The second-order valence-electron chi connectivity index (χ2n) is 5.37. The number of anilines is 2. The van der Waals surface area contributed by atoms with Gasteiger partial charge >= 0.3 is 0 Å². The van der Waals surface area contributed by atoms with Crippen LogP contribution in [0.4, 0.5) is 11.4 Å². The first-order valence-corrected chi connectivity index (χ1v) is 7.17. The summed E-state index contributed by atoms with van der Waals surface area (Å²) in [5, 5.41) is 2.12. The number of para-hydroxylation sites is 1. The number of hydrogen-bond donors (Lipinski definition) is 2. The molecule has 4 rings (SSSR count). The van der Waals surface area contributed by atoms with Crippen LogP contribution in [0.3, 0.4) is 0 Å². The third-order valence-electron chi connectivity index (χ3n) is 3.96. The molecule has 3 aromatic carbocycles. The molecule has 4 N–H and O–H groups in total. The molecule has 3 heteroatoms. The van der Waals surface area contributed by atoms with Crippen LogP contribution in [0, 0.1) is 0 Å². The largest absolute Gasteiger partial charge is 0.397 e. The number of nitrogens with zero attached hydrogens (tertiary/aromatic N) is 1. The van der Waals surface area contributed by atoms with Crippen molar-refractivity contribution in [1.82, 2.24) is 4.98 Å². The minimum Gasteiger partial charge on any atom is -0.397 e. The predicted molar refractivity (Wildman–Crippen MR) is 93.5 cm³/mol.